The van der Waals surface area contributed by atoms with E-state index in [2.05, 4.69) is 45.8 Å². The van der Waals surface area contributed by atoms with Crippen LogP contribution in [0.5, 0.6) is 0 Å². The molecule has 2 atom stereocenters. The van der Waals surface area contributed by atoms with Crippen LogP contribution in [0.25, 0.3) is 0 Å². The molecule has 0 saturated carbocycles. The van der Waals surface area contributed by atoms with Crippen molar-refractivity contribution in [3.8, 4) is 0 Å². The highest BCUT2D eigenvalue weighted by molar-refractivity contribution is 9.10. The monoisotopic (exact) mass is 312 g/mol. The first-order valence-corrected chi connectivity index (χ1v) is 7.21. The first-order chi connectivity index (χ1) is 8.49. The summed E-state index contributed by atoms with van der Waals surface area (Å²) in [7, 11) is 2.17. The van der Waals surface area contributed by atoms with Gasteiger partial charge in [0.15, 0.2) is 0 Å². The third-order valence-electron chi connectivity index (χ3n) is 3.75. The quantitative estimate of drug-likeness (QED) is 0.909. The number of rotatable bonds is 2. The van der Waals surface area contributed by atoms with Gasteiger partial charge in [-0.25, -0.2) is 0 Å². The second-order valence-electron chi connectivity index (χ2n) is 5.16. The molecule has 1 saturated heterocycles. The molecule has 2 rings (SSSR count). The van der Waals surface area contributed by atoms with Gasteiger partial charge in [-0.05, 0) is 54.5 Å². The van der Waals surface area contributed by atoms with E-state index in [1.807, 2.05) is 12.1 Å². The van der Waals surface area contributed by atoms with E-state index in [0.29, 0.717) is 6.04 Å². The first-order valence-electron chi connectivity index (χ1n) is 6.41. The highest BCUT2D eigenvalue weighted by Gasteiger charge is 2.22. The van der Waals surface area contributed by atoms with Gasteiger partial charge in [0.1, 0.15) is 0 Å². The van der Waals surface area contributed by atoms with Crippen LogP contribution in [0.1, 0.15) is 25.5 Å². The number of hydrogen-bond donors (Lipinski definition) is 1. The molecule has 0 bridgehead atoms. The molecule has 1 aromatic carbocycles. The molecule has 0 aromatic heterocycles. The molecule has 0 spiro atoms. The zero-order chi connectivity index (χ0) is 13.3. The fraction of sp³-hybridized carbons (Fsp3) is 0.571. The third-order valence-corrected chi connectivity index (χ3v) is 4.39. The number of nitrogens with zero attached hydrogens (tertiary/aromatic N) is 2. The lowest BCUT2D eigenvalue weighted by Gasteiger charge is -2.39. The van der Waals surface area contributed by atoms with Gasteiger partial charge < -0.3 is 14.9 Å². The minimum atomic E-state index is -0.415. The van der Waals surface area contributed by atoms with Crippen LogP contribution in [-0.2, 0) is 0 Å². The van der Waals surface area contributed by atoms with Crippen molar-refractivity contribution in [2.45, 2.75) is 26.0 Å². The molecular weight excluding hydrogens is 292 g/mol. The van der Waals surface area contributed by atoms with Crippen molar-refractivity contribution >= 4 is 21.6 Å². The largest absolute Gasteiger partial charge is 0.389 e. The van der Waals surface area contributed by atoms with Crippen molar-refractivity contribution < 1.29 is 5.11 Å². The lowest BCUT2D eigenvalue weighted by atomic mass is 10.1. The topological polar surface area (TPSA) is 26.7 Å². The molecule has 1 fully saturated rings. The van der Waals surface area contributed by atoms with Crippen LogP contribution in [0.15, 0.2) is 22.7 Å². The van der Waals surface area contributed by atoms with Gasteiger partial charge in [0.25, 0.3) is 0 Å². The number of halogens is 1. The van der Waals surface area contributed by atoms with Gasteiger partial charge in [0, 0.05) is 30.1 Å². The Balaban J connectivity index is 2.19. The number of likely N-dealkylation sites (N-methyl/N-ethyl adjacent to an activating group) is 1. The van der Waals surface area contributed by atoms with Gasteiger partial charge in [-0.2, -0.15) is 0 Å². The Morgan fingerprint density at radius 1 is 1.39 bits per heavy atom. The smallest absolute Gasteiger partial charge is 0.0762 e. The predicted octanol–water partition coefficient (Wildman–Crippen LogP) is 2.64. The summed E-state index contributed by atoms with van der Waals surface area (Å²) >= 11 is 3.62. The van der Waals surface area contributed by atoms with Crippen LogP contribution in [0.4, 0.5) is 5.69 Å². The number of anilines is 1. The minimum absolute atomic E-state index is 0.415. The summed E-state index contributed by atoms with van der Waals surface area (Å²) in [6.07, 6.45) is -0.415. The van der Waals surface area contributed by atoms with Crippen LogP contribution in [0.3, 0.4) is 0 Å². The van der Waals surface area contributed by atoms with Crippen molar-refractivity contribution in [1.29, 1.82) is 0 Å². The maximum Gasteiger partial charge on any atom is 0.0762 e. The zero-order valence-electron chi connectivity index (χ0n) is 11.2. The normalized spacial score (nSPS) is 23.2. The van der Waals surface area contributed by atoms with E-state index in [9.17, 15) is 5.11 Å². The first kappa shape index (κ1) is 13.8. The molecule has 1 aliphatic heterocycles. The Morgan fingerprint density at radius 3 is 2.67 bits per heavy atom. The Bertz CT molecular complexity index is 422. The zero-order valence-corrected chi connectivity index (χ0v) is 12.8. The van der Waals surface area contributed by atoms with Crippen LogP contribution in [0.2, 0.25) is 0 Å². The second kappa shape index (κ2) is 5.59. The number of piperazine rings is 1. The van der Waals surface area contributed by atoms with Gasteiger partial charge >= 0.3 is 0 Å². The molecule has 18 heavy (non-hydrogen) atoms. The minimum Gasteiger partial charge on any atom is -0.389 e. The fourth-order valence-corrected chi connectivity index (χ4v) is 2.95. The van der Waals surface area contributed by atoms with Crippen LogP contribution in [-0.4, -0.2) is 42.7 Å². The van der Waals surface area contributed by atoms with E-state index in [4.69, 9.17) is 0 Å². The maximum absolute atomic E-state index is 9.59. The van der Waals surface area contributed by atoms with Crippen molar-refractivity contribution in [3.05, 3.63) is 28.2 Å². The molecule has 0 amide bonds. The van der Waals surface area contributed by atoms with Crippen molar-refractivity contribution in [3.63, 3.8) is 0 Å². The van der Waals surface area contributed by atoms with E-state index in [1.165, 1.54) is 5.69 Å². The van der Waals surface area contributed by atoms with E-state index in [0.717, 1.165) is 29.7 Å². The molecule has 1 heterocycles. The molecule has 1 aromatic rings. The number of aliphatic hydroxyl groups excluding tert-OH is 1. The maximum atomic E-state index is 9.59. The Morgan fingerprint density at radius 2 is 2.11 bits per heavy atom. The van der Waals surface area contributed by atoms with E-state index in [-0.39, 0.29) is 0 Å². The molecule has 1 aliphatic rings. The van der Waals surface area contributed by atoms with E-state index >= 15 is 0 Å². The van der Waals surface area contributed by atoms with Gasteiger partial charge in [0.2, 0.25) is 0 Å². The van der Waals surface area contributed by atoms with Crippen molar-refractivity contribution in [2.24, 2.45) is 0 Å². The van der Waals surface area contributed by atoms with Crippen LogP contribution in [0, 0.1) is 0 Å². The molecule has 4 heteroatoms. The average Bonchev–Trinajstić information content (AvgIpc) is 2.32. The van der Waals surface area contributed by atoms with Gasteiger partial charge in [-0.15, -0.1) is 0 Å². The summed E-state index contributed by atoms with van der Waals surface area (Å²) in [5, 5.41) is 9.59. The SMILES string of the molecule is CC1CN(c2ccc([C@@H](C)O)cc2Br)CCN1C. The van der Waals surface area contributed by atoms with Crippen LogP contribution >= 0.6 is 15.9 Å². The second-order valence-corrected chi connectivity index (χ2v) is 6.02. The molecule has 100 valence electrons. The Labute approximate surface area is 118 Å². The molecule has 3 nitrogen and oxygen atoms in total. The standard InChI is InChI=1S/C14H21BrN2O/c1-10-9-17(7-6-16(10)3)14-5-4-12(11(2)18)8-13(14)15/h4-5,8,10-11,18H,6-7,9H2,1-3H3/t10?,11-/m1/s1. The van der Waals surface area contributed by atoms with Crippen molar-refractivity contribution in [1.82, 2.24) is 4.90 Å². The lowest BCUT2D eigenvalue weighted by Crippen LogP contribution is -2.50. The Kier molecular flexibility index (Phi) is 4.30. The van der Waals surface area contributed by atoms with E-state index < -0.39 is 6.10 Å². The summed E-state index contributed by atoms with van der Waals surface area (Å²) in [6, 6.07) is 6.70. The van der Waals surface area contributed by atoms with Gasteiger partial charge in [-0.1, -0.05) is 6.07 Å². The highest BCUT2D eigenvalue weighted by Crippen LogP contribution is 2.30. The van der Waals surface area contributed by atoms with Crippen LogP contribution < -0.4 is 4.90 Å². The Hall–Kier alpha value is -0.580. The number of hydrogen-bond acceptors (Lipinski definition) is 3. The van der Waals surface area contributed by atoms with Gasteiger partial charge in [0.05, 0.1) is 11.8 Å². The van der Waals surface area contributed by atoms with Gasteiger partial charge in [-0.3, -0.25) is 0 Å². The predicted molar refractivity (Wildman–Crippen MR) is 79.1 cm³/mol. The molecule has 0 radical (unpaired) electrons. The summed E-state index contributed by atoms with van der Waals surface area (Å²) in [5.41, 5.74) is 2.17. The molecular formula is C14H21BrN2O. The summed E-state index contributed by atoms with van der Waals surface area (Å²) in [5.74, 6) is 0. The molecule has 1 N–H and O–H groups in total. The average molecular weight is 313 g/mol. The molecule has 1 unspecified atom stereocenters. The highest BCUT2D eigenvalue weighted by atomic mass is 79.9. The molecule has 0 aliphatic carbocycles. The summed E-state index contributed by atoms with van der Waals surface area (Å²) in [6.45, 7) is 7.23. The third kappa shape index (κ3) is 2.87. The lowest BCUT2D eigenvalue weighted by molar-refractivity contribution is 0.199. The number of benzene rings is 1. The van der Waals surface area contributed by atoms with E-state index in [1.54, 1.807) is 6.92 Å². The summed E-state index contributed by atoms with van der Waals surface area (Å²) in [4.78, 5) is 4.79. The summed E-state index contributed by atoms with van der Waals surface area (Å²) < 4.78 is 1.07. The van der Waals surface area contributed by atoms with Crippen molar-refractivity contribution in [2.75, 3.05) is 31.6 Å². The number of aliphatic hydroxyl groups is 1. The fourth-order valence-electron chi connectivity index (χ4n) is 2.31.